The molecule has 0 unspecified atom stereocenters. The summed E-state index contributed by atoms with van der Waals surface area (Å²) in [4.78, 5) is 11.1. The zero-order valence-corrected chi connectivity index (χ0v) is 10.2. The monoisotopic (exact) mass is 262 g/mol. The van der Waals surface area contributed by atoms with Crippen molar-refractivity contribution in [3.8, 4) is 0 Å². The molecule has 0 atom stereocenters. The first-order chi connectivity index (χ1) is 7.56. The van der Waals surface area contributed by atoms with Gasteiger partial charge in [-0.25, -0.2) is 4.79 Å². The molecule has 3 N–H and O–H groups in total. The number of anilines is 1. The number of ether oxygens (including phenoxy) is 1. The Kier molecular flexibility index (Phi) is 4.71. The Hall–Kier alpha value is -1.13. The standard InChI is InChI=1S/C10H12Cl2N2O2/c1-2-16-10(15)14-5-6-8(13)4-3-7(11)9(6)12/h3-4H,2,5,13H2,1H3,(H,14,15). The SMILES string of the molecule is CCOC(=O)NCc1c(N)ccc(Cl)c1Cl. The van der Waals surface area contributed by atoms with Crippen LogP contribution in [0, 0.1) is 0 Å². The molecule has 16 heavy (non-hydrogen) atoms. The number of nitrogen functional groups attached to an aromatic ring is 1. The lowest BCUT2D eigenvalue weighted by Crippen LogP contribution is -2.24. The predicted molar refractivity (Wildman–Crippen MR) is 64.7 cm³/mol. The zero-order chi connectivity index (χ0) is 12.1. The molecule has 0 radical (unpaired) electrons. The van der Waals surface area contributed by atoms with Gasteiger partial charge in [-0.2, -0.15) is 0 Å². The van der Waals surface area contributed by atoms with E-state index in [-0.39, 0.29) is 6.54 Å². The highest BCUT2D eigenvalue weighted by atomic mass is 35.5. The van der Waals surface area contributed by atoms with Gasteiger partial charge in [0.15, 0.2) is 0 Å². The van der Waals surface area contributed by atoms with Crippen molar-refractivity contribution in [1.29, 1.82) is 0 Å². The maximum Gasteiger partial charge on any atom is 0.407 e. The maximum atomic E-state index is 11.1. The number of rotatable bonds is 3. The van der Waals surface area contributed by atoms with E-state index >= 15 is 0 Å². The Bertz CT molecular complexity index is 397. The number of hydrogen-bond donors (Lipinski definition) is 2. The third kappa shape index (κ3) is 3.18. The summed E-state index contributed by atoms with van der Waals surface area (Å²) in [6, 6.07) is 3.24. The average molecular weight is 263 g/mol. The third-order valence-corrected chi connectivity index (χ3v) is 2.76. The number of carbonyl (C=O) groups excluding carboxylic acids is 1. The van der Waals surface area contributed by atoms with Crippen molar-refractivity contribution in [2.24, 2.45) is 0 Å². The summed E-state index contributed by atoms with van der Waals surface area (Å²) >= 11 is 11.8. The van der Waals surface area contributed by atoms with Gasteiger partial charge in [-0.1, -0.05) is 23.2 Å². The number of hydrogen-bond acceptors (Lipinski definition) is 3. The molecule has 1 aromatic rings. The van der Waals surface area contributed by atoms with E-state index in [4.69, 9.17) is 33.7 Å². The van der Waals surface area contributed by atoms with E-state index in [1.54, 1.807) is 19.1 Å². The lowest BCUT2D eigenvalue weighted by atomic mass is 10.2. The highest BCUT2D eigenvalue weighted by Gasteiger charge is 2.10. The van der Waals surface area contributed by atoms with Gasteiger partial charge in [0.25, 0.3) is 0 Å². The summed E-state index contributed by atoms with van der Waals surface area (Å²) in [6.07, 6.45) is -0.516. The topological polar surface area (TPSA) is 64.3 Å². The Balaban J connectivity index is 2.74. The Morgan fingerprint density at radius 2 is 2.19 bits per heavy atom. The predicted octanol–water partition coefficient (Wildman–Crippen LogP) is 2.82. The number of alkyl carbamates (subject to hydrolysis) is 1. The van der Waals surface area contributed by atoms with E-state index in [0.29, 0.717) is 27.9 Å². The van der Waals surface area contributed by atoms with Crippen LogP contribution < -0.4 is 11.1 Å². The van der Waals surface area contributed by atoms with E-state index in [1.807, 2.05) is 0 Å². The minimum Gasteiger partial charge on any atom is -0.450 e. The van der Waals surface area contributed by atoms with Crippen LogP contribution in [-0.4, -0.2) is 12.7 Å². The van der Waals surface area contributed by atoms with Gasteiger partial charge in [-0.15, -0.1) is 0 Å². The summed E-state index contributed by atoms with van der Waals surface area (Å²) in [5.41, 5.74) is 6.78. The second kappa shape index (κ2) is 5.82. The fourth-order valence-corrected chi connectivity index (χ4v) is 1.55. The van der Waals surface area contributed by atoms with Crippen LogP contribution in [0.5, 0.6) is 0 Å². The molecule has 0 aliphatic rings. The molecule has 6 heteroatoms. The van der Waals surface area contributed by atoms with Crippen LogP contribution in [0.1, 0.15) is 12.5 Å². The first-order valence-electron chi connectivity index (χ1n) is 4.69. The molecule has 0 aromatic heterocycles. The van der Waals surface area contributed by atoms with Crippen LogP contribution in [0.15, 0.2) is 12.1 Å². The molecule has 88 valence electrons. The van der Waals surface area contributed by atoms with Crippen molar-refractivity contribution >= 4 is 35.0 Å². The third-order valence-electron chi connectivity index (χ3n) is 1.92. The maximum absolute atomic E-state index is 11.1. The van der Waals surface area contributed by atoms with Crippen LogP contribution in [0.3, 0.4) is 0 Å². The van der Waals surface area contributed by atoms with Crippen molar-refractivity contribution in [3.63, 3.8) is 0 Å². The van der Waals surface area contributed by atoms with Crippen LogP contribution in [0.25, 0.3) is 0 Å². The van der Waals surface area contributed by atoms with Crippen molar-refractivity contribution in [2.45, 2.75) is 13.5 Å². The molecule has 0 fully saturated rings. The summed E-state index contributed by atoms with van der Waals surface area (Å²) in [7, 11) is 0. The van der Waals surface area contributed by atoms with E-state index in [2.05, 4.69) is 5.32 Å². The first-order valence-corrected chi connectivity index (χ1v) is 5.44. The van der Waals surface area contributed by atoms with Gasteiger partial charge in [0.05, 0.1) is 16.7 Å². The zero-order valence-electron chi connectivity index (χ0n) is 8.72. The van der Waals surface area contributed by atoms with Gasteiger partial charge in [0.2, 0.25) is 0 Å². The van der Waals surface area contributed by atoms with E-state index in [9.17, 15) is 4.79 Å². The van der Waals surface area contributed by atoms with Crippen LogP contribution in [0.2, 0.25) is 10.0 Å². The normalized spacial score (nSPS) is 9.94. The number of benzene rings is 1. The van der Waals surface area contributed by atoms with E-state index < -0.39 is 6.09 Å². The highest BCUT2D eigenvalue weighted by molar-refractivity contribution is 6.42. The molecule has 4 nitrogen and oxygen atoms in total. The summed E-state index contributed by atoms with van der Waals surface area (Å²) in [6.45, 7) is 2.22. The van der Waals surface area contributed by atoms with Gasteiger partial charge in [-0.3, -0.25) is 0 Å². The van der Waals surface area contributed by atoms with Crippen molar-refractivity contribution in [1.82, 2.24) is 5.32 Å². The number of amides is 1. The largest absolute Gasteiger partial charge is 0.450 e. The number of halogens is 2. The second-order valence-corrected chi connectivity index (χ2v) is 3.79. The summed E-state index contributed by atoms with van der Waals surface area (Å²) < 4.78 is 4.71. The molecule has 1 aromatic carbocycles. The van der Waals surface area contributed by atoms with Crippen LogP contribution >= 0.6 is 23.2 Å². The fraction of sp³-hybridized carbons (Fsp3) is 0.300. The highest BCUT2D eigenvalue weighted by Crippen LogP contribution is 2.29. The van der Waals surface area contributed by atoms with Gasteiger partial charge >= 0.3 is 6.09 Å². The van der Waals surface area contributed by atoms with Crippen LogP contribution in [-0.2, 0) is 11.3 Å². The molecular formula is C10H12Cl2N2O2. The molecule has 0 aliphatic heterocycles. The van der Waals surface area contributed by atoms with E-state index in [1.165, 1.54) is 0 Å². The Labute approximate surface area is 104 Å². The lowest BCUT2D eigenvalue weighted by molar-refractivity contribution is 0.151. The molecule has 0 aliphatic carbocycles. The molecule has 1 rings (SSSR count). The van der Waals surface area contributed by atoms with Crippen molar-refractivity contribution in [3.05, 3.63) is 27.7 Å². The van der Waals surface area contributed by atoms with E-state index in [0.717, 1.165) is 0 Å². The van der Waals surface area contributed by atoms with Gasteiger partial charge in [0, 0.05) is 17.8 Å². The summed E-state index contributed by atoms with van der Waals surface area (Å²) in [5.74, 6) is 0. The molecule has 1 amide bonds. The fourth-order valence-electron chi connectivity index (χ4n) is 1.13. The second-order valence-electron chi connectivity index (χ2n) is 3.00. The molecule has 0 saturated heterocycles. The minimum atomic E-state index is -0.516. The first kappa shape index (κ1) is 12.9. The average Bonchev–Trinajstić information content (AvgIpc) is 2.24. The summed E-state index contributed by atoms with van der Waals surface area (Å²) in [5, 5.41) is 3.27. The molecule has 0 bridgehead atoms. The lowest BCUT2D eigenvalue weighted by Gasteiger charge is -2.10. The Morgan fingerprint density at radius 1 is 1.50 bits per heavy atom. The van der Waals surface area contributed by atoms with Crippen molar-refractivity contribution in [2.75, 3.05) is 12.3 Å². The smallest absolute Gasteiger partial charge is 0.407 e. The van der Waals surface area contributed by atoms with Crippen molar-refractivity contribution < 1.29 is 9.53 Å². The number of nitrogens with two attached hydrogens (primary N) is 1. The van der Waals surface area contributed by atoms with Gasteiger partial charge in [0.1, 0.15) is 0 Å². The van der Waals surface area contributed by atoms with Gasteiger partial charge < -0.3 is 15.8 Å². The minimum absolute atomic E-state index is 0.185. The molecule has 0 spiro atoms. The number of nitrogens with one attached hydrogen (secondary N) is 1. The quantitative estimate of drug-likeness (QED) is 0.824. The molecule has 0 saturated carbocycles. The van der Waals surface area contributed by atoms with Gasteiger partial charge in [-0.05, 0) is 19.1 Å². The van der Waals surface area contributed by atoms with Crippen LogP contribution in [0.4, 0.5) is 10.5 Å². The molecular weight excluding hydrogens is 251 g/mol. The molecule has 0 heterocycles. The number of carbonyl (C=O) groups is 1. The Morgan fingerprint density at radius 3 is 2.81 bits per heavy atom.